The number of halogens is 6. The lowest BCUT2D eigenvalue weighted by atomic mass is 9.81. The van der Waals surface area contributed by atoms with E-state index in [4.69, 9.17) is 79.1 Å². The fourth-order valence-corrected chi connectivity index (χ4v) is 6.68. The average Bonchev–Trinajstić information content (AvgIpc) is 2.87. The smallest absolute Gasteiger partial charge is 0.309 e. The van der Waals surface area contributed by atoms with Crippen LogP contribution in [0.5, 0.6) is 11.5 Å². The van der Waals surface area contributed by atoms with Crippen molar-refractivity contribution in [2.24, 2.45) is 11.8 Å². The van der Waals surface area contributed by atoms with E-state index >= 15 is 0 Å². The molecule has 0 aromatic heterocycles. The number of aliphatic carboxylic acids is 1. The normalized spacial score (nSPS) is 32.3. The Hall–Kier alpha value is -0.760. The number of hydrogen-bond acceptors (Lipinski definition) is 4. The lowest BCUT2D eigenvalue weighted by Gasteiger charge is -2.33. The third-order valence-corrected chi connectivity index (χ3v) is 9.41. The molecule has 0 aliphatic heterocycles. The number of carboxylic acids is 1. The van der Waals surface area contributed by atoms with Gasteiger partial charge < -0.3 is 19.9 Å². The number of ether oxygens (including phenoxy) is 2. The molecule has 1 aromatic rings. The predicted octanol–water partition coefficient (Wildman–Crippen LogP) is 4.80. The van der Waals surface area contributed by atoms with Gasteiger partial charge in [-0.05, 0) is 12.1 Å². The van der Waals surface area contributed by atoms with Crippen LogP contribution < -0.4 is 14.8 Å². The summed E-state index contributed by atoms with van der Waals surface area (Å²) >= 11 is 38.3. The first-order valence-corrected chi connectivity index (χ1v) is 10.2. The number of nitrogens with one attached hydrogen (secondary N) is 1. The first-order chi connectivity index (χ1) is 13.4. The molecule has 2 aliphatic carbocycles. The molecule has 0 radical (unpaired) electrons. The van der Waals surface area contributed by atoms with E-state index in [1.807, 2.05) is 0 Å². The average molecular weight is 524 g/mol. The fraction of sp³-hybridized carbons (Fsp3) is 0.412. The van der Waals surface area contributed by atoms with E-state index in [1.54, 1.807) is 12.1 Å². The first-order valence-electron chi connectivity index (χ1n) is 7.97. The van der Waals surface area contributed by atoms with Gasteiger partial charge in [0.15, 0.2) is 4.33 Å². The molecule has 0 heterocycles. The van der Waals surface area contributed by atoms with Crippen LogP contribution in [0.15, 0.2) is 28.3 Å². The van der Waals surface area contributed by atoms with Gasteiger partial charge in [-0.1, -0.05) is 46.4 Å². The summed E-state index contributed by atoms with van der Waals surface area (Å²) in [7, 11) is 2.84. The second-order valence-electron chi connectivity index (χ2n) is 6.47. The zero-order valence-electron chi connectivity index (χ0n) is 14.7. The van der Waals surface area contributed by atoms with Crippen molar-refractivity contribution < 1.29 is 24.2 Å². The number of carbonyl (C=O) groups excluding carboxylic acids is 1. The van der Waals surface area contributed by atoms with Crippen molar-refractivity contribution in [1.29, 1.82) is 0 Å². The van der Waals surface area contributed by atoms with Crippen LogP contribution in [0, 0.1) is 11.8 Å². The van der Waals surface area contributed by atoms with E-state index in [1.165, 1.54) is 20.3 Å². The summed E-state index contributed by atoms with van der Waals surface area (Å²) in [5, 5.41) is 11.8. The van der Waals surface area contributed by atoms with E-state index in [0.717, 1.165) is 0 Å². The number of alkyl halides is 4. The first kappa shape index (κ1) is 22.9. The maximum absolute atomic E-state index is 13.2. The summed E-state index contributed by atoms with van der Waals surface area (Å²) in [6.07, 6.45) is 0. The van der Waals surface area contributed by atoms with Crippen LogP contribution in [0.3, 0.4) is 0 Å². The van der Waals surface area contributed by atoms with Gasteiger partial charge in [-0.25, -0.2) is 0 Å². The van der Waals surface area contributed by atoms with Crippen molar-refractivity contribution in [3.8, 4) is 11.5 Å². The molecular formula is C17H13Cl6NO5. The molecule has 2 N–H and O–H groups in total. The molecule has 0 unspecified atom stereocenters. The highest BCUT2D eigenvalue weighted by atomic mass is 35.5. The van der Waals surface area contributed by atoms with Crippen LogP contribution in [0.25, 0.3) is 0 Å². The van der Waals surface area contributed by atoms with Crippen LogP contribution in [0.4, 0.5) is 5.69 Å². The number of hydrogen-bond donors (Lipinski definition) is 2. The van der Waals surface area contributed by atoms with Gasteiger partial charge >= 0.3 is 5.97 Å². The number of allylic oxidation sites excluding steroid dienone is 2. The minimum absolute atomic E-state index is 0.202. The highest BCUT2D eigenvalue weighted by Gasteiger charge is 2.85. The molecule has 1 amide bonds. The van der Waals surface area contributed by atoms with Crippen LogP contribution in [-0.4, -0.2) is 45.3 Å². The Labute approximate surface area is 195 Å². The number of benzene rings is 1. The van der Waals surface area contributed by atoms with Gasteiger partial charge in [0.05, 0.1) is 41.8 Å². The van der Waals surface area contributed by atoms with Gasteiger partial charge in [0.1, 0.15) is 21.2 Å². The number of carbonyl (C=O) groups is 2. The molecule has 12 heteroatoms. The lowest BCUT2D eigenvalue weighted by molar-refractivity contribution is -0.146. The van der Waals surface area contributed by atoms with Crippen LogP contribution in [0.1, 0.15) is 0 Å². The third-order valence-electron chi connectivity index (χ3n) is 5.15. The van der Waals surface area contributed by atoms with Crippen molar-refractivity contribution in [2.75, 3.05) is 19.5 Å². The molecule has 1 aromatic carbocycles. The number of rotatable bonds is 5. The molecule has 2 aliphatic rings. The molecule has 0 saturated heterocycles. The quantitative estimate of drug-likeness (QED) is 0.541. The number of fused-ring (bicyclic) bond motifs is 2. The van der Waals surface area contributed by atoms with E-state index in [0.29, 0.717) is 11.5 Å². The Balaban J connectivity index is 2.11. The zero-order valence-corrected chi connectivity index (χ0v) is 19.3. The minimum Gasteiger partial charge on any atom is -0.497 e. The van der Waals surface area contributed by atoms with Crippen LogP contribution in [-0.2, 0) is 9.59 Å². The van der Waals surface area contributed by atoms with Crippen molar-refractivity contribution in [2.45, 2.75) is 14.1 Å². The van der Waals surface area contributed by atoms with Crippen molar-refractivity contribution in [3.05, 3.63) is 28.3 Å². The Bertz CT molecular complexity index is 937. The van der Waals surface area contributed by atoms with Crippen molar-refractivity contribution >= 4 is 87.2 Å². The summed E-state index contributed by atoms with van der Waals surface area (Å²) in [5.74, 6) is -4.81. The predicted molar refractivity (Wildman–Crippen MR) is 113 cm³/mol. The lowest BCUT2D eigenvalue weighted by Crippen LogP contribution is -2.47. The Morgan fingerprint density at radius 3 is 2.03 bits per heavy atom. The third kappa shape index (κ3) is 2.83. The summed E-state index contributed by atoms with van der Waals surface area (Å²) in [4.78, 5) is 21.1. The molecule has 6 nitrogen and oxygen atoms in total. The van der Waals surface area contributed by atoms with Crippen LogP contribution >= 0.6 is 69.6 Å². The number of methoxy groups -OCH3 is 2. The van der Waals surface area contributed by atoms with Crippen LogP contribution in [0.2, 0.25) is 0 Å². The molecule has 158 valence electrons. The molecule has 29 heavy (non-hydrogen) atoms. The number of amides is 1. The number of anilines is 1. The molecule has 3 rings (SSSR count). The summed E-state index contributed by atoms with van der Waals surface area (Å²) in [6, 6.07) is 4.65. The molecule has 2 bridgehead atoms. The molecule has 4 atom stereocenters. The standard InChI is InChI=1S/C17H13Cl6NO5/c1-28-6-3-4-8(29-2)7(5-6)24-13(25)9-10(14(26)27)16(21)12(19)11(18)15(9,20)17(16,22)23/h3-5,9-10H,1-2H3,(H,24,25)(H,26,27)/t9-,10-,15-,16-/m0/s1. The fourth-order valence-electron chi connectivity index (χ4n) is 3.75. The topological polar surface area (TPSA) is 84.9 Å². The maximum Gasteiger partial charge on any atom is 0.309 e. The Kier molecular flexibility index (Phi) is 5.87. The van der Waals surface area contributed by atoms with Gasteiger partial charge in [-0.15, -0.1) is 23.2 Å². The number of carboxylic acid groups (broad SMARTS) is 1. The van der Waals surface area contributed by atoms with E-state index in [2.05, 4.69) is 5.32 Å². The largest absolute Gasteiger partial charge is 0.497 e. The highest BCUT2D eigenvalue weighted by molar-refractivity contribution is 6.66. The van der Waals surface area contributed by atoms with Crippen molar-refractivity contribution in [3.63, 3.8) is 0 Å². The monoisotopic (exact) mass is 521 g/mol. The zero-order chi connectivity index (χ0) is 21.9. The van der Waals surface area contributed by atoms with Gasteiger partial charge in [-0.2, -0.15) is 0 Å². The Morgan fingerprint density at radius 1 is 1.00 bits per heavy atom. The van der Waals surface area contributed by atoms with E-state index in [9.17, 15) is 14.7 Å². The van der Waals surface area contributed by atoms with Crippen molar-refractivity contribution in [1.82, 2.24) is 0 Å². The maximum atomic E-state index is 13.2. The van der Waals surface area contributed by atoms with E-state index in [-0.39, 0.29) is 15.8 Å². The van der Waals surface area contributed by atoms with Gasteiger partial charge in [0.25, 0.3) is 0 Å². The van der Waals surface area contributed by atoms with Gasteiger partial charge in [0.2, 0.25) is 5.91 Å². The molecule has 1 saturated carbocycles. The summed E-state index contributed by atoms with van der Waals surface area (Å²) in [5.41, 5.74) is 0.202. The highest BCUT2D eigenvalue weighted by Crippen LogP contribution is 2.76. The second kappa shape index (κ2) is 7.43. The minimum atomic E-state index is -2.18. The summed E-state index contributed by atoms with van der Waals surface area (Å²) < 4.78 is 8.17. The molecular weight excluding hydrogens is 511 g/mol. The van der Waals surface area contributed by atoms with E-state index < -0.39 is 37.8 Å². The second-order valence-corrected chi connectivity index (χ2v) is 9.75. The Morgan fingerprint density at radius 2 is 1.55 bits per heavy atom. The summed E-state index contributed by atoms with van der Waals surface area (Å²) in [6.45, 7) is 0. The SMILES string of the molecule is COc1ccc(OC)c(NC(=O)[C@@H]2[C@@H](C(=O)O)[C@]3(Cl)C(Cl)=C(Cl)[C@]2(Cl)C3(Cl)Cl)c1. The van der Waals surface area contributed by atoms with Gasteiger partial charge in [-0.3, -0.25) is 9.59 Å². The molecule has 0 spiro atoms. The molecule has 1 fully saturated rings. The van der Waals surface area contributed by atoms with Gasteiger partial charge in [0, 0.05) is 6.07 Å².